The summed E-state index contributed by atoms with van der Waals surface area (Å²) in [5.41, 5.74) is 5.12. The van der Waals surface area contributed by atoms with Gasteiger partial charge in [0, 0.05) is 43.9 Å². The number of ether oxygens (including phenoxy) is 4. The zero-order valence-electron chi connectivity index (χ0n) is 21.8. The van der Waals surface area contributed by atoms with Crippen molar-refractivity contribution in [3.8, 4) is 23.0 Å². The quantitative estimate of drug-likeness (QED) is 0.434. The summed E-state index contributed by atoms with van der Waals surface area (Å²) in [6.07, 6.45) is 0. The first-order chi connectivity index (χ1) is 18.0. The molecule has 5 rings (SSSR count). The Kier molecular flexibility index (Phi) is 7.51. The highest BCUT2D eigenvalue weighted by molar-refractivity contribution is 5.94. The zero-order chi connectivity index (χ0) is 25.8. The summed E-state index contributed by atoms with van der Waals surface area (Å²) in [4.78, 5) is 17.7. The summed E-state index contributed by atoms with van der Waals surface area (Å²) in [5.74, 6) is 3.20. The highest BCUT2D eigenvalue weighted by atomic mass is 16.7. The van der Waals surface area contributed by atoms with Crippen molar-refractivity contribution in [2.75, 3.05) is 39.6 Å². The molecule has 37 heavy (non-hydrogen) atoms. The molecule has 7 nitrogen and oxygen atoms in total. The second-order valence-electron chi connectivity index (χ2n) is 9.55. The molecule has 3 aromatic rings. The summed E-state index contributed by atoms with van der Waals surface area (Å²) < 4.78 is 22.8. The number of amides is 1. The largest absolute Gasteiger partial charge is 0.493 e. The third-order valence-electron chi connectivity index (χ3n) is 6.98. The van der Waals surface area contributed by atoms with E-state index in [1.807, 2.05) is 54.3 Å². The SMILES string of the molecule is CCOc1ccc(C(=O)N2CCN(Cc3ccc4c(c3)OCO4)CC2)cc1COc1ccc(C)c(C)c1. The Balaban J connectivity index is 1.21. The minimum atomic E-state index is 0.0400. The van der Waals surface area contributed by atoms with Crippen LogP contribution in [0.4, 0.5) is 0 Å². The van der Waals surface area contributed by atoms with E-state index in [0.29, 0.717) is 31.9 Å². The lowest BCUT2D eigenvalue weighted by molar-refractivity contribution is 0.0628. The third kappa shape index (κ3) is 5.83. The Morgan fingerprint density at radius 2 is 1.68 bits per heavy atom. The molecular formula is C30H34N2O5. The van der Waals surface area contributed by atoms with Crippen LogP contribution < -0.4 is 18.9 Å². The molecule has 0 saturated carbocycles. The number of nitrogens with zero attached hydrogens (tertiary/aromatic N) is 2. The molecule has 0 atom stereocenters. The van der Waals surface area contributed by atoms with Crippen molar-refractivity contribution in [1.29, 1.82) is 0 Å². The number of fused-ring (bicyclic) bond motifs is 1. The van der Waals surface area contributed by atoms with Gasteiger partial charge in [-0.05, 0) is 79.9 Å². The summed E-state index contributed by atoms with van der Waals surface area (Å²) in [7, 11) is 0. The Morgan fingerprint density at radius 1 is 0.865 bits per heavy atom. The van der Waals surface area contributed by atoms with Crippen LogP contribution in [0.25, 0.3) is 0 Å². The van der Waals surface area contributed by atoms with Gasteiger partial charge < -0.3 is 23.8 Å². The number of hydrogen-bond acceptors (Lipinski definition) is 6. The lowest BCUT2D eigenvalue weighted by Crippen LogP contribution is -2.48. The van der Waals surface area contributed by atoms with E-state index in [-0.39, 0.29) is 12.7 Å². The fraction of sp³-hybridized carbons (Fsp3) is 0.367. The maximum Gasteiger partial charge on any atom is 0.253 e. The normalized spacial score (nSPS) is 15.1. The molecule has 194 valence electrons. The molecule has 2 aliphatic rings. The van der Waals surface area contributed by atoms with E-state index < -0.39 is 0 Å². The Hall–Kier alpha value is -3.71. The van der Waals surface area contributed by atoms with Crippen LogP contribution in [0.2, 0.25) is 0 Å². The monoisotopic (exact) mass is 502 g/mol. The minimum absolute atomic E-state index is 0.0400. The number of hydrogen-bond donors (Lipinski definition) is 0. The Morgan fingerprint density at radius 3 is 2.46 bits per heavy atom. The zero-order valence-corrected chi connectivity index (χ0v) is 21.8. The molecule has 1 amide bonds. The average molecular weight is 503 g/mol. The van der Waals surface area contributed by atoms with Crippen molar-refractivity contribution in [3.05, 3.63) is 82.4 Å². The van der Waals surface area contributed by atoms with Gasteiger partial charge in [-0.15, -0.1) is 0 Å². The molecule has 0 aliphatic carbocycles. The molecule has 0 aromatic heterocycles. The molecule has 0 unspecified atom stereocenters. The van der Waals surface area contributed by atoms with E-state index in [1.165, 1.54) is 16.7 Å². The molecule has 0 spiro atoms. The van der Waals surface area contributed by atoms with Crippen LogP contribution in [-0.4, -0.2) is 55.3 Å². The lowest BCUT2D eigenvalue weighted by Gasteiger charge is -2.35. The fourth-order valence-corrected chi connectivity index (χ4v) is 4.68. The van der Waals surface area contributed by atoms with Crippen molar-refractivity contribution in [2.45, 2.75) is 33.9 Å². The van der Waals surface area contributed by atoms with Crippen LogP contribution in [0.15, 0.2) is 54.6 Å². The molecule has 7 heteroatoms. The van der Waals surface area contributed by atoms with Gasteiger partial charge in [0.1, 0.15) is 18.1 Å². The van der Waals surface area contributed by atoms with E-state index in [4.69, 9.17) is 18.9 Å². The van der Waals surface area contributed by atoms with Crippen molar-refractivity contribution in [3.63, 3.8) is 0 Å². The smallest absolute Gasteiger partial charge is 0.253 e. The first kappa shape index (κ1) is 25.0. The maximum absolute atomic E-state index is 13.4. The molecular weight excluding hydrogens is 468 g/mol. The third-order valence-corrected chi connectivity index (χ3v) is 6.98. The van der Waals surface area contributed by atoms with E-state index >= 15 is 0 Å². The fourth-order valence-electron chi connectivity index (χ4n) is 4.68. The standard InChI is InChI=1S/C30H34N2O5/c1-4-34-27-10-7-24(17-25(27)19-35-26-8-5-21(2)22(3)15-26)30(33)32-13-11-31(12-14-32)18-23-6-9-28-29(16-23)37-20-36-28/h5-10,15-17H,4,11-14,18-20H2,1-3H3. The maximum atomic E-state index is 13.4. The van der Waals surface area contributed by atoms with Gasteiger partial charge in [0.25, 0.3) is 5.91 Å². The Bertz CT molecular complexity index is 1270. The average Bonchev–Trinajstić information content (AvgIpc) is 3.38. The van der Waals surface area contributed by atoms with Gasteiger partial charge in [0.15, 0.2) is 11.5 Å². The lowest BCUT2D eigenvalue weighted by atomic mass is 10.1. The molecule has 1 fully saturated rings. The van der Waals surface area contributed by atoms with Crippen molar-refractivity contribution < 1.29 is 23.7 Å². The van der Waals surface area contributed by atoms with E-state index in [0.717, 1.165) is 48.2 Å². The molecule has 3 aromatic carbocycles. The van der Waals surface area contributed by atoms with Gasteiger partial charge in [-0.2, -0.15) is 0 Å². The predicted octanol–water partition coefficient (Wildman–Crippen LogP) is 4.97. The van der Waals surface area contributed by atoms with Crippen molar-refractivity contribution in [1.82, 2.24) is 9.80 Å². The summed E-state index contributed by atoms with van der Waals surface area (Å²) in [6, 6.07) is 17.8. The first-order valence-corrected chi connectivity index (χ1v) is 12.9. The van der Waals surface area contributed by atoms with Gasteiger partial charge in [0.2, 0.25) is 6.79 Å². The molecule has 0 radical (unpaired) electrons. The highest BCUT2D eigenvalue weighted by Crippen LogP contribution is 2.33. The summed E-state index contributed by atoms with van der Waals surface area (Å²) in [6.45, 7) is 11.1. The molecule has 1 saturated heterocycles. The van der Waals surface area contributed by atoms with Crippen LogP contribution in [-0.2, 0) is 13.2 Å². The number of carbonyl (C=O) groups is 1. The van der Waals surface area contributed by atoms with Gasteiger partial charge >= 0.3 is 0 Å². The second kappa shape index (κ2) is 11.1. The van der Waals surface area contributed by atoms with Crippen molar-refractivity contribution >= 4 is 5.91 Å². The molecule has 2 aliphatic heterocycles. The number of carbonyl (C=O) groups excluding carboxylic acids is 1. The Labute approximate surface area is 218 Å². The molecule has 0 N–H and O–H groups in total. The molecule has 0 bridgehead atoms. The second-order valence-corrected chi connectivity index (χ2v) is 9.55. The van der Waals surface area contributed by atoms with Crippen LogP contribution in [0.1, 0.15) is 39.5 Å². The topological polar surface area (TPSA) is 60.5 Å². The van der Waals surface area contributed by atoms with Crippen LogP contribution in [0, 0.1) is 13.8 Å². The van der Waals surface area contributed by atoms with Gasteiger partial charge in [-0.25, -0.2) is 0 Å². The number of benzene rings is 3. The van der Waals surface area contributed by atoms with E-state index in [9.17, 15) is 4.79 Å². The highest BCUT2D eigenvalue weighted by Gasteiger charge is 2.24. The minimum Gasteiger partial charge on any atom is -0.493 e. The van der Waals surface area contributed by atoms with E-state index in [2.05, 4.69) is 30.9 Å². The molecule has 2 heterocycles. The van der Waals surface area contributed by atoms with Gasteiger partial charge in [-0.3, -0.25) is 9.69 Å². The summed E-state index contributed by atoms with van der Waals surface area (Å²) in [5, 5.41) is 0. The van der Waals surface area contributed by atoms with Gasteiger partial charge in [0.05, 0.1) is 6.61 Å². The number of rotatable bonds is 8. The number of aryl methyl sites for hydroxylation is 2. The van der Waals surface area contributed by atoms with E-state index in [1.54, 1.807) is 0 Å². The van der Waals surface area contributed by atoms with Gasteiger partial charge in [-0.1, -0.05) is 12.1 Å². The predicted molar refractivity (Wildman–Crippen MR) is 142 cm³/mol. The van der Waals surface area contributed by atoms with Crippen molar-refractivity contribution in [2.24, 2.45) is 0 Å². The summed E-state index contributed by atoms with van der Waals surface area (Å²) >= 11 is 0. The number of piperazine rings is 1. The van der Waals surface area contributed by atoms with Crippen LogP contribution in [0.3, 0.4) is 0 Å². The first-order valence-electron chi connectivity index (χ1n) is 12.9. The van der Waals surface area contributed by atoms with Crippen LogP contribution in [0.5, 0.6) is 23.0 Å². The van der Waals surface area contributed by atoms with Crippen LogP contribution >= 0.6 is 0 Å².